The van der Waals surface area contributed by atoms with E-state index in [1.165, 1.54) is 0 Å². The van der Waals surface area contributed by atoms with E-state index in [9.17, 15) is 4.79 Å². The summed E-state index contributed by atoms with van der Waals surface area (Å²) >= 11 is 0. The Labute approximate surface area is 95.5 Å². The first kappa shape index (κ1) is 11.1. The molecule has 1 amide bonds. The van der Waals surface area contributed by atoms with Crippen LogP contribution in [0.25, 0.3) is 0 Å². The molecule has 2 heterocycles. The Morgan fingerprint density at radius 1 is 1.50 bits per heavy atom. The van der Waals surface area contributed by atoms with Crippen LogP contribution in [0, 0.1) is 6.92 Å². The van der Waals surface area contributed by atoms with E-state index in [0.717, 1.165) is 37.1 Å². The van der Waals surface area contributed by atoms with E-state index in [0.29, 0.717) is 0 Å². The van der Waals surface area contributed by atoms with Crippen molar-refractivity contribution in [2.75, 3.05) is 11.9 Å². The number of nitrogens with one attached hydrogen (secondary N) is 2. The SMILES string of the molecule is Cc1cncc(NC(=O)[C@@H]2CCCCN2)c1. The van der Waals surface area contributed by atoms with Gasteiger partial charge in [-0.05, 0) is 37.9 Å². The van der Waals surface area contributed by atoms with Crippen molar-refractivity contribution in [1.29, 1.82) is 0 Å². The molecule has 1 saturated heterocycles. The monoisotopic (exact) mass is 219 g/mol. The number of amides is 1. The smallest absolute Gasteiger partial charge is 0.241 e. The minimum atomic E-state index is -0.0470. The van der Waals surface area contributed by atoms with Gasteiger partial charge in [-0.25, -0.2) is 0 Å². The minimum Gasteiger partial charge on any atom is -0.323 e. The number of rotatable bonds is 2. The largest absolute Gasteiger partial charge is 0.323 e. The van der Waals surface area contributed by atoms with Crippen molar-refractivity contribution in [2.45, 2.75) is 32.2 Å². The summed E-state index contributed by atoms with van der Waals surface area (Å²) in [5.41, 5.74) is 1.83. The second-order valence-corrected chi connectivity index (χ2v) is 4.24. The summed E-state index contributed by atoms with van der Waals surface area (Å²) in [5, 5.41) is 6.11. The maximum Gasteiger partial charge on any atom is 0.241 e. The molecule has 1 fully saturated rings. The van der Waals surface area contributed by atoms with Crippen molar-refractivity contribution in [3.05, 3.63) is 24.0 Å². The van der Waals surface area contributed by atoms with Crippen LogP contribution in [0.1, 0.15) is 24.8 Å². The van der Waals surface area contributed by atoms with E-state index in [4.69, 9.17) is 0 Å². The van der Waals surface area contributed by atoms with Crippen LogP contribution in [-0.4, -0.2) is 23.5 Å². The van der Waals surface area contributed by atoms with Crippen molar-refractivity contribution in [3.63, 3.8) is 0 Å². The summed E-state index contributed by atoms with van der Waals surface area (Å²) in [5.74, 6) is 0.0482. The second-order valence-electron chi connectivity index (χ2n) is 4.24. The van der Waals surface area contributed by atoms with Crippen LogP contribution in [0.5, 0.6) is 0 Å². The lowest BCUT2D eigenvalue weighted by atomic mass is 10.0. The molecule has 0 unspecified atom stereocenters. The fraction of sp³-hybridized carbons (Fsp3) is 0.500. The third-order valence-corrected chi connectivity index (χ3v) is 2.77. The van der Waals surface area contributed by atoms with Crippen LogP contribution >= 0.6 is 0 Å². The minimum absolute atomic E-state index is 0.0470. The Hall–Kier alpha value is -1.42. The molecule has 4 nitrogen and oxygen atoms in total. The number of piperidine rings is 1. The Morgan fingerprint density at radius 2 is 2.38 bits per heavy atom. The molecular formula is C12H17N3O. The van der Waals surface area contributed by atoms with Gasteiger partial charge < -0.3 is 10.6 Å². The number of anilines is 1. The molecule has 0 aromatic carbocycles. The fourth-order valence-electron chi connectivity index (χ4n) is 1.93. The van der Waals surface area contributed by atoms with Crippen LogP contribution in [0.15, 0.2) is 18.5 Å². The summed E-state index contributed by atoms with van der Waals surface area (Å²) < 4.78 is 0. The highest BCUT2D eigenvalue weighted by atomic mass is 16.2. The van der Waals surface area contributed by atoms with Crippen LogP contribution in [0.3, 0.4) is 0 Å². The van der Waals surface area contributed by atoms with Gasteiger partial charge in [-0.2, -0.15) is 0 Å². The average molecular weight is 219 g/mol. The molecule has 0 aliphatic carbocycles. The van der Waals surface area contributed by atoms with E-state index in [1.807, 2.05) is 13.0 Å². The fourth-order valence-corrected chi connectivity index (χ4v) is 1.93. The first-order valence-corrected chi connectivity index (χ1v) is 5.71. The summed E-state index contributed by atoms with van der Waals surface area (Å²) in [6.45, 7) is 2.89. The van der Waals surface area contributed by atoms with Gasteiger partial charge in [0.25, 0.3) is 0 Å². The number of hydrogen-bond donors (Lipinski definition) is 2. The zero-order valence-electron chi connectivity index (χ0n) is 9.49. The van der Waals surface area contributed by atoms with Gasteiger partial charge in [-0.15, -0.1) is 0 Å². The standard InChI is InChI=1S/C12H17N3O/c1-9-6-10(8-13-7-9)15-12(16)11-4-2-3-5-14-11/h6-8,11,14H,2-5H2,1H3,(H,15,16)/t11-/m0/s1. The highest BCUT2D eigenvalue weighted by Gasteiger charge is 2.20. The van der Waals surface area contributed by atoms with E-state index >= 15 is 0 Å². The molecule has 86 valence electrons. The second kappa shape index (κ2) is 5.07. The van der Waals surface area contributed by atoms with Crippen LogP contribution in [0.4, 0.5) is 5.69 Å². The van der Waals surface area contributed by atoms with E-state index < -0.39 is 0 Å². The molecule has 4 heteroatoms. The van der Waals surface area contributed by atoms with Crippen LogP contribution in [-0.2, 0) is 4.79 Å². The van der Waals surface area contributed by atoms with E-state index in [2.05, 4.69) is 15.6 Å². The normalized spacial score (nSPS) is 20.4. The molecule has 2 rings (SSSR count). The number of nitrogens with zero attached hydrogens (tertiary/aromatic N) is 1. The first-order chi connectivity index (χ1) is 7.75. The number of aryl methyl sites for hydroxylation is 1. The zero-order valence-corrected chi connectivity index (χ0v) is 9.49. The van der Waals surface area contributed by atoms with Crippen molar-refractivity contribution in [2.24, 2.45) is 0 Å². The average Bonchev–Trinajstić information content (AvgIpc) is 2.30. The molecule has 2 N–H and O–H groups in total. The lowest BCUT2D eigenvalue weighted by Gasteiger charge is -2.22. The van der Waals surface area contributed by atoms with Gasteiger partial charge in [0.15, 0.2) is 0 Å². The van der Waals surface area contributed by atoms with Crippen LogP contribution < -0.4 is 10.6 Å². The number of hydrogen-bond acceptors (Lipinski definition) is 3. The Bertz CT molecular complexity index is 372. The Morgan fingerprint density at radius 3 is 3.06 bits per heavy atom. The van der Waals surface area contributed by atoms with Crippen molar-refractivity contribution < 1.29 is 4.79 Å². The molecule has 0 spiro atoms. The first-order valence-electron chi connectivity index (χ1n) is 5.71. The van der Waals surface area contributed by atoms with Crippen molar-refractivity contribution in [1.82, 2.24) is 10.3 Å². The van der Waals surface area contributed by atoms with Crippen molar-refractivity contribution in [3.8, 4) is 0 Å². The van der Waals surface area contributed by atoms with Gasteiger partial charge in [-0.3, -0.25) is 9.78 Å². The predicted molar refractivity (Wildman–Crippen MR) is 63.2 cm³/mol. The lowest BCUT2D eigenvalue weighted by Crippen LogP contribution is -2.43. The van der Waals surface area contributed by atoms with Gasteiger partial charge >= 0.3 is 0 Å². The lowest BCUT2D eigenvalue weighted by molar-refractivity contribution is -0.118. The molecule has 1 aromatic rings. The number of carbonyl (C=O) groups excluding carboxylic acids is 1. The number of pyridine rings is 1. The summed E-state index contributed by atoms with van der Waals surface area (Å²) in [4.78, 5) is 15.9. The summed E-state index contributed by atoms with van der Waals surface area (Å²) in [6, 6.07) is 1.88. The predicted octanol–water partition coefficient (Wildman–Crippen LogP) is 1.47. The maximum absolute atomic E-state index is 11.9. The zero-order chi connectivity index (χ0) is 11.4. The number of aromatic nitrogens is 1. The molecule has 1 atom stereocenters. The molecule has 1 aliphatic heterocycles. The number of carbonyl (C=O) groups is 1. The third kappa shape index (κ3) is 2.79. The molecule has 1 aromatic heterocycles. The Kier molecular flexibility index (Phi) is 3.51. The molecular weight excluding hydrogens is 202 g/mol. The maximum atomic E-state index is 11.9. The van der Waals surface area contributed by atoms with E-state index in [-0.39, 0.29) is 11.9 Å². The molecule has 0 bridgehead atoms. The molecule has 1 aliphatic rings. The highest BCUT2D eigenvalue weighted by molar-refractivity contribution is 5.94. The van der Waals surface area contributed by atoms with Gasteiger partial charge in [0.2, 0.25) is 5.91 Å². The van der Waals surface area contributed by atoms with Crippen LogP contribution in [0.2, 0.25) is 0 Å². The summed E-state index contributed by atoms with van der Waals surface area (Å²) in [6.07, 6.45) is 6.65. The van der Waals surface area contributed by atoms with Crippen molar-refractivity contribution >= 4 is 11.6 Å². The quantitative estimate of drug-likeness (QED) is 0.792. The highest BCUT2D eigenvalue weighted by Crippen LogP contribution is 2.11. The third-order valence-electron chi connectivity index (χ3n) is 2.77. The summed E-state index contributed by atoms with van der Waals surface area (Å²) in [7, 11) is 0. The molecule has 0 saturated carbocycles. The topological polar surface area (TPSA) is 54.0 Å². The van der Waals surface area contributed by atoms with E-state index in [1.54, 1.807) is 12.4 Å². The van der Waals surface area contributed by atoms with Gasteiger partial charge in [0.1, 0.15) is 0 Å². The van der Waals surface area contributed by atoms with Gasteiger partial charge in [-0.1, -0.05) is 6.42 Å². The van der Waals surface area contributed by atoms with Gasteiger partial charge in [0.05, 0.1) is 17.9 Å². The molecule has 0 radical (unpaired) electrons. The van der Waals surface area contributed by atoms with Gasteiger partial charge in [0, 0.05) is 6.20 Å². The molecule has 16 heavy (non-hydrogen) atoms. The Balaban J connectivity index is 1.96.